The Bertz CT molecular complexity index is 1610. The highest BCUT2D eigenvalue weighted by Gasteiger charge is 2.42. The summed E-state index contributed by atoms with van der Waals surface area (Å²) in [6.07, 6.45) is 1.75. The van der Waals surface area contributed by atoms with Crippen molar-refractivity contribution in [3.63, 3.8) is 0 Å². The predicted molar refractivity (Wildman–Crippen MR) is 142 cm³/mol. The van der Waals surface area contributed by atoms with Gasteiger partial charge in [0.15, 0.2) is 10.4 Å². The number of carbonyl (C=O) groups excluding carboxylic acids is 3. The molecule has 1 aliphatic rings. The molecule has 3 aromatic heterocycles. The van der Waals surface area contributed by atoms with Crippen LogP contribution in [0.25, 0.3) is 22.0 Å². The number of fused-ring (bicyclic) bond motifs is 1. The Morgan fingerprint density at radius 2 is 1.92 bits per heavy atom. The highest BCUT2D eigenvalue weighted by Crippen LogP contribution is 2.28. The van der Waals surface area contributed by atoms with Crippen LogP contribution in [0, 0.1) is 12.1 Å². The van der Waals surface area contributed by atoms with Gasteiger partial charge in [0.05, 0.1) is 12.1 Å². The van der Waals surface area contributed by atoms with Gasteiger partial charge in [0.2, 0.25) is 5.91 Å². The highest BCUT2D eigenvalue weighted by molar-refractivity contribution is 9.10. The van der Waals surface area contributed by atoms with Gasteiger partial charge in [-0.3, -0.25) is 14.3 Å². The number of likely N-dealkylation sites (tertiary alicyclic amines) is 1. The zero-order valence-electron chi connectivity index (χ0n) is 21.0. The van der Waals surface area contributed by atoms with Crippen molar-refractivity contribution in [2.75, 3.05) is 11.9 Å². The van der Waals surface area contributed by atoms with E-state index in [2.05, 4.69) is 36.3 Å². The number of carbonyl (C=O) groups is 3. The van der Waals surface area contributed by atoms with E-state index < -0.39 is 24.0 Å². The standard InChI is InChI=1S/C26H23BrFN7O4/c1-14(36)25-19-8-16(17-10-29-15(2)30-11-17)6-7-20(19)34(32-25)13-24(37)33-12-18(28)9-21(33)26(38)31-23-5-3-4-22(27)35(23)39/h3-8,10-11,18,21H,9,12-13H2,1-2H3,(H,31,38)/t18-,21+/m1/s1. The maximum Gasteiger partial charge on any atom is 0.330 e. The number of nitrogens with one attached hydrogen (secondary N) is 1. The number of alkyl halides is 1. The summed E-state index contributed by atoms with van der Waals surface area (Å²) in [5.41, 5.74) is 2.24. The highest BCUT2D eigenvalue weighted by atomic mass is 79.9. The Morgan fingerprint density at radius 1 is 1.18 bits per heavy atom. The summed E-state index contributed by atoms with van der Waals surface area (Å²) in [5.74, 6) is -0.932. The van der Waals surface area contributed by atoms with Crippen LogP contribution in [0.2, 0.25) is 0 Å². The lowest BCUT2D eigenvalue weighted by molar-refractivity contribution is -0.602. The number of ketones is 1. The predicted octanol–water partition coefficient (Wildman–Crippen LogP) is 2.98. The summed E-state index contributed by atoms with van der Waals surface area (Å²) in [6.45, 7) is 2.57. The maximum absolute atomic E-state index is 14.4. The van der Waals surface area contributed by atoms with E-state index in [0.29, 0.717) is 21.5 Å². The number of amides is 2. The molecule has 0 unspecified atom stereocenters. The zero-order chi connectivity index (χ0) is 27.8. The molecule has 2 amide bonds. The third kappa shape index (κ3) is 5.21. The third-order valence-electron chi connectivity index (χ3n) is 6.51. The first-order valence-corrected chi connectivity index (χ1v) is 12.8. The van der Waals surface area contributed by atoms with Gasteiger partial charge in [-0.2, -0.15) is 5.10 Å². The van der Waals surface area contributed by atoms with Crippen molar-refractivity contribution >= 4 is 50.2 Å². The van der Waals surface area contributed by atoms with Crippen LogP contribution >= 0.6 is 15.9 Å². The number of Topliss-reactive ketones (excluding diaryl/α,β-unsaturated/α-hetero) is 1. The molecule has 0 saturated carbocycles. The molecule has 11 nitrogen and oxygen atoms in total. The Morgan fingerprint density at radius 3 is 2.64 bits per heavy atom. The minimum Gasteiger partial charge on any atom is -0.710 e. The van der Waals surface area contributed by atoms with Gasteiger partial charge in [-0.25, -0.2) is 29.2 Å². The SMILES string of the molecule is CC(=O)c1nn(CC(=O)N2C[C@H](F)C[C@H]2C(=O)Nc2cccc(Br)[n+]2[O-])c2ccc(-c3cnc(C)nc3)cc12. The Hall–Kier alpha value is -4.26. The average Bonchev–Trinajstić information content (AvgIpc) is 3.48. The first-order valence-electron chi connectivity index (χ1n) is 12.1. The lowest BCUT2D eigenvalue weighted by Gasteiger charge is -2.22. The number of halogens is 2. The van der Waals surface area contributed by atoms with Crippen molar-refractivity contribution in [1.29, 1.82) is 0 Å². The normalized spacial score (nSPS) is 17.0. The van der Waals surface area contributed by atoms with E-state index in [1.54, 1.807) is 37.5 Å². The molecule has 1 aliphatic heterocycles. The molecule has 4 aromatic rings. The zero-order valence-corrected chi connectivity index (χ0v) is 22.6. The van der Waals surface area contributed by atoms with Gasteiger partial charge in [-0.05, 0) is 52.7 Å². The first-order chi connectivity index (χ1) is 18.6. The second kappa shape index (κ2) is 10.5. The quantitative estimate of drug-likeness (QED) is 0.156. The van der Waals surface area contributed by atoms with Crippen molar-refractivity contribution in [1.82, 2.24) is 24.6 Å². The summed E-state index contributed by atoms with van der Waals surface area (Å²) in [7, 11) is 0. The maximum atomic E-state index is 14.4. The van der Waals surface area contributed by atoms with Crippen LogP contribution in [-0.2, 0) is 16.1 Å². The van der Waals surface area contributed by atoms with E-state index in [0.717, 1.165) is 16.0 Å². The van der Waals surface area contributed by atoms with Crippen molar-refractivity contribution < 1.29 is 23.5 Å². The van der Waals surface area contributed by atoms with E-state index >= 15 is 0 Å². The van der Waals surface area contributed by atoms with Crippen LogP contribution in [0.4, 0.5) is 10.2 Å². The lowest BCUT2D eigenvalue weighted by Crippen LogP contribution is -2.46. The Kier molecular flexibility index (Phi) is 7.08. The molecule has 4 heterocycles. The van der Waals surface area contributed by atoms with Gasteiger partial charge in [-0.1, -0.05) is 6.07 Å². The molecule has 2 atom stereocenters. The second-order valence-electron chi connectivity index (χ2n) is 9.23. The van der Waals surface area contributed by atoms with Gasteiger partial charge < -0.3 is 10.1 Å². The van der Waals surface area contributed by atoms with Gasteiger partial charge in [-0.15, -0.1) is 0 Å². The van der Waals surface area contributed by atoms with E-state index in [1.807, 2.05) is 6.07 Å². The summed E-state index contributed by atoms with van der Waals surface area (Å²) in [5, 5.41) is 19.6. The minimum absolute atomic E-state index is 0.0527. The molecule has 1 N–H and O–H groups in total. The summed E-state index contributed by atoms with van der Waals surface area (Å²) in [4.78, 5) is 48.3. The molecule has 0 aliphatic carbocycles. The molecular weight excluding hydrogens is 573 g/mol. The monoisotopic (exact) mass is 595 g/mol. The Labute approximate surface area is 230 Å². The Balaban J connectivity index is 1.41. The molecule has 200 valence electrons. The van der Waals surface area contributed by atoms with E-state index in [4.69, 9.17) is 0 Å². The fraction of sp³-hybridized carbons (Fsp3) is 0.269. The van der Waals surface area contributed by atoms with Crippen LogP contribution in [0.15, 0.2) is 53.4 Å². The van der Waals surface area contributed by atoms with Gasteiger partial charge in [0.25, 0.3) is 5.82 Å². The van der Waals surface area contributed by atoms with Gasteiger partial charge >= 0.3 is 5.91 Å². The van der Waals surface area contributed by atoms with Gasteiger partial charge in [0, 0.05) is 42.8 Å². The number of aromatic nitrogens is 5. The van der Waals surface area contributed by atoms with E-state index in [9.17, 15) is 24.0 Å². The number of pyridine rings is 1. The number of hydrogen-bond donors (Lipinski definition) is 1. The topological polar surface area (TPSA) is 137 Å². The van der Waals surface area contributed by atoms with E-state index in [1.165, 1.54) is 23.7 Å². The van der Waals surface area contributed by atoms with Crippen molar-refractivity contribution in [2.45, 2.75) is 39.0 Å². The van der Waals surface area contributed by atoms with Crippen molar-refractivity contribution in [3.05, 3.63) is 70.1 Å². The average molecular weight is 596 g/mol. The number of hydrogen-bond acceptors (Lipinski definition) is 7. The molecule has 1 saturated heterocycles. The molecule has 5 rings (SSSR count). The third-order valence-corrected chi connectivity index (χ3v) is 7.09. The number of rotatable bonds is 6. The van der Waals surface area contributed by atoms with Gasteiger partial charge in [0.1, 0.15) is 30.3 Å². The number of aryl methyl sites for hydroxylation is 1. The molecule has 0 bridgehead atoms. The van der Waals surface area contributed by atoms with Crippen molar-refractivity contribution in [3.8, 4) is 11.1 Å². The molecule has 0 radical (unpaired) electrons. The molecule has 1 aromatic carbocycles. The largest absolute Gasteiger partial charge is 0.710 e. The first kappa shape index (κ1) is 26.4. The molecular formula is C26H23BrFN7O4. The molecule has 13 heteroatoms. The number of nitrogens with zero attached hydrogens (tertiary/aromatic N) is 6. The molecule has 1 fully saturated rings. The number of anilines is 1. The second-order valence-corrected chi connectivity index (χ2v) is 10.0. The smallest absolute Gasteiger partial charge is 0.330 e. The van der Waals surface area contributed by atoms with Crippen LogP contribution in [0.3, 0.4) is 0 Å². The number of benzene rings is 1. The lowest BCUT2D eigenvalue weighted by atomic mass is 10.0. The molecule has 39 heavy (non-hydrogen) atoms. The molecule has 0 spiro atoms. The summed E-state index contributed by atoms with van der Waals surface area (Å²) in [6, 6.07) is 8.69. The van der Waals surface area contributed by atoms with Crippen molar-refractivity contribution in [2.24, 2.45) is 0 Å². The summed E-state index contributed by atoms with van der Waals surface area (Å²) < 4.78 is 16.5. The van der Waals surface area contributed by atoms with Crippen LogP contribution in [0.5, 0.6) is 0 Å². The minimum atomic E-state index is -1.41. The fourth-order valence-corrected chi connectivity index (χ4v) is 4.92. The van der Waals surface area contributed by atoms with Crippen LogP contribution < -0.4 is 10.0 Å². The fourth-order valence-electron chi connectivity index (χ4n) is 4.58. The summed E-state index contributed by atoms with van der Waals surface area (Å²) >= 11 is 3.09. The van der Waals surface area contributed by atoms with Crippen LogP contribution in [-0.4, -0.2) is 61.0 Å². The van der Waals surface area contributed by atoms with E-state index in [-0.39, 0.29) is 41.4 Å². The van der Waals surface area contributed by atoms with Crippen LogP contribution in [0.1, 0.15) is 29.7 Å².